The molecule has 0 aromatic heterocycles. The average molecular weight is 256 g/mol. The van der Waals surface area contributed by atoms with E-state index in [-0.39, 0.29) is 0 Å². The van der Waals surface area contributed by atoms with Crippen LogP contribution in [-0.2, 0) is 4.74 Å². The molecule has 0 aromatic carbocycles. The molecule has 0 aliphatic carbocycles. The summed E-state index contributed by atoms with van der Waals surface area (Å²) in [4.78, 5) is 2.49. The van der Waals surface area contributed by atoms with E-state index in [0.29, 0.717) is 12.0 Å². The summed E-state index contributed by atoms with van der Waals surface area (Å²) < 4.78 is 5.63. The van der Waals surface area contributed by atoms with Gasteiger partial charge in [-0.3, -0.25) is 0 Å². The van der Waals surface area contributed by atoms with Gasteiger partial charge in [-0.1, -0.05) is 6.92 Å². The minimum atomic E-state index is -0.444. The van der Waals surface area contributed by atoms with Crippen LogP contribution in [0.5, 0.6) is 0 Å². The fourth-order valence-corrected chi connectivity index (χ4v) is 3.06. The van der Waals surface area contributed by atoms with E-state index in [2.05, 4.69) is 17.1 Å². The van der Waals surface area contributed by atoms with E-state index < -0.39 is 5.60 Å². The van der Waals surface area contributed by atoms with Gasteiger partial charge >= 0.3 is 0 Å². The van der Waals surface area contributed by atoms with Crippen molar-refractivity contribution in [3.8, 4) is 0 Å². The summed E-state index contributed by atoms with van der Waals surface area (Å²) >= 11 is 0. The molecule has 0 saturated carbocycles. The zero-order valence-electron chi connectivity index (χ0n) is 11.8. The molecule has 2 unspecified atom stereocenters. The highest BCUT2D eigenvalue weighted by atomic mass is 16.5. The Morgan fingerprint density at radius 2 is 2.11 bits per heavy atom. The van der Waals surface area contributed by atoms with Crippen LogP contribution in [-0.4, -0.2) is 61.0 Å². The first kappa shape index (κ1) is 14.3. The SMILES string of the molecule is CCNC1CCOCC1CN1CCC(C)(O)CC1. The smallest absolute Gasteiger partial charge is 0.0644 e. The van der Waals surface area contributed by atoms with Gasteiger partial charge in [0.1, 0.15) is 0 Å². The zero-order valence-corrected chi connectivity index (χ0v) is 11.8. The fourth-order valence-electron chi connectivity index (χ4n) is 3.06. The van der Waals surface area contributed by atoms with E-state index in [1.807, 2.05) is 6.92 Å². The number of nitrogens with one attached hydrogen (secondary N) is 1. The van der Waals surface area contributed by atoms with Crippen LogP contribution in [0.15, 0.2) is 0 Å². The molecule has 4 nitrogen and oxygen atoms in total. The molecule has 4 heteroatoms. The Balaban J connectivity index is 1.80. The molecule has 2 aliphatic heterocycles. The quantitative estimate of drug-likeness (QED) is 0.783. The van der Waals surface area contributed by atoms with Gasteiger partial charge < -0.3 is 20.1 Å². The Kier molecular flexibility index (Phi) is 5.01. The van der Waals surface area contributed by atoms with Crippen LogP contribution >= 0.6 is 0 Å². The van der Waals surface area contributed by atoms with E-state index in [9.17, 15) is 5.11 Å². The Hall–Kier alpha value is -0.160. The number of piperidine rings is 1. The van der Waals surface area contributed by atoms with E-state index in [0.717, 1.165) is 58.7 Å². The summed E-state index contributed by atoms with van der Waals surface area (Å²) in [5, 5.41) is 13.6. The molecule has 2 N–H and O–H groups in total. The summed E-state index contributed by atoms with van der Waals surface area (Å²) in [6.45, 7) is 10.1. The highest BCUT2D eigenvalue weighted by molar-refractivity contribution is 4.86. The molecular formula is C14H28N2O2. The molecule has 2 aliphatic rings. The molecule has 106 valence electrons. The van der Waals surface area contributed by atoms with Crippen LogP contribution in [0.1, 0.15) is 33.1 Å². The minimum absolute atomic E-state index is 0.444. The number of likely N-dealkylation sites (tertiary alicyclic amines) is 1. The van der Waals surface area contributed by atoms with Gasteiger partial charge in [-0.2, -0.15) is 0 Å². The predicted octanol–water partition coefficient (Wildman–Crippen LogP) is 0.848. The lowest BCUT2D eigenvalue weighted by Gasteiger charge is -2.40. The van der Waals surface area contributed by atoms with Crippen LogP contribution in [0.3, 0.4) is 0 Å². The third-order valence-corrected chi connectivity index (χ3v) is 4.37. The first-order valence-corrected chi connectivity index (χ1v) is 7.36. The van der Waals surface area contributed by atoms with Crippen LogP contribution in [0.4, 0.5) is 0 Å². The van der Waals surface area contributed by atoms with Crippen LogP contribution in [0, 0.1) is 5.92 Å². The molecule has 18 heavy (non-hydrogen) atoms. The standard InChI is InChI=1S/C14H28N2O2/c1-3-15-13-4-9-18-11-12(13)10-16-7-5-14(2,17)6-8-16/h12-13,15,17H,3-11H2,1-2H3. The van der Waals surface area contributed by atoms with Crippen molar-refractivity contribution in [3.05, 3.63) is 0 Å². The molecule has 0 amide bonds. The number of aliphatic hydroxyl groups is 1. The van der Waals surface area contributed by atoms with Crippen molar-refractivity contribution in [1.82, 2.24) is 10.2 Å². The second-order valence-electron chi connectivity index (χ2n) is 6.09. The Morgan fingerprint density at radius 3 is 2.78 bits per heavy atom. The van der Waals surface area contributed by atoms with Gasteiger partial charge in [-0.25, -0.2) is 0 Å². The number of hydrogen-bond donors (Lipinski definition) is 2. The van der Waals surface area contributed by atoms with Gasteiger partial charge in [0.2, 0.25) is 0 Å². The van der Waals surface area contributed by atoms with Crippen molar-refractivity contribution in [1.29, 1.82) is 0 Å². The molecule has 2 heterocycles. The number of nitrogens with zero attached hydrogens (tertiary/aromatic N) is 1. The highest BCUT2D eigenvalue weighted by Gasteiger charge is 2.31. The van der Waals surface area contributed by atoms with Crippen LogP contribution < -0.4 is 5.32 Å². The van der Waals surface area contributed by atoms with Crippen molar-refractivity contribution < 1.29 is 9.84 Å². The number of rotatable bonds is 4. The molecule has 0 bridgehead atoms. The van der Waals surface area contributed by atoms with Gasteiger partial charge in [-0.05, 0) is 32.7 Å². The molecule has 0 spiro atoms. The topological polar surface area (TPSA) is 44.7 Å². The number of ether oxygens (including phenoxy) is 1. The zero-order chi connectivity index (χ0) is 13.0. The summed E-state index contributed by atoms with van der Waals surface area (Å²) in [5.41, 5.74) is -0.444. The molecule has 2 rings (SSSR count). The van der Waals surface area contributed by atoms with E-state index in [1.165, 1.54) is 0 Å². The average Bonchev–Trinajstić information content (AvgIpc) is 2.35. The van der Waals surface area contributed by atoms with Gasteiger partial charge in [0, 0.05) is 38.2 Å². The van der Waals surface area contributed by atoms with Crippen molar-refractivity contribution in [2.75, 3.05) is 39.4 Å². The predicted molar refractivity (Wildman–Crippen MR) is 72.7 cm³/mol. The van der Waals surface area contributed by atoms with Crippen molar-refractivity contribution >= 4 is 0 Å². The summed E-state index contributed by atoms with van der Waals surface area (Å²) in [6.07, 6.45) is 2.92. The first-order valence-electron chi connectivity index (χ1n) is 7.36. The summed E-state index contributed by atoms with van der Waals surface area (Å²) in [5.74, 6) is 0.599. The largest absolute Gasteiger partial charge is 0.390 e. The normalized spacial score (nSPS) is 33.5. The molecule has 2 atom stereocenters. The maximum atomic E-state index is 9.97. The van der Waals surface area contributed by atoms with Crippen molar-refractivity contribution in [2.24, 2.45) is 5.92 Å². The van der Waals surface area contributed by atoms with E-state index >= 15 is 0 Å². The Labute approximate surface area is 111 Å². The lowest BCUT2D eigenvalue weighted by Crippen LogP contribution is -2.50. The second-order valence-corrected chi connectivity index (χ2v) is 6.09. The Bertz CT molecular complexity index is 246. The second kappa shape index (κ2) is 6.33. The van der Waals surface area contributed by atoms with Crippen molar-refractivity contribution in [2.45, 2.75) is 44.8 Å². The van der Waals surface area contributed by atoms with Gasteiger partial charge in [0.15, 0.2) is 0 Å². The Morgan fingerprint density at radius 1 is 1.39 bits per heavy atom. The monoisotopic (exact) mass is 256 g/mol. The third-order valence-electron chi connectivity index (χ3n) is 4.37. The number of hydrogen-bond acceptors (Lipinski definition) is 4. The van der Waals surface area contributed by atoms with Crippen LogP contribution in [0.25, 0.3) is 0 Å². The van der Waals surface area contributed by atoms with E-state index in [1.54, 1.807) is 0 Å². The minimum Gasteiger partial charge on any atom is -0.390 e. The van der Waals surface area contributed by atoms with E-state index in [4.69, 9.17) is 4.74 Å². The lowest BCUT2D eigenvalue weighted by atomic mass is 9.91. The van der Waals surface area contributed by atoms with Gasteiger partial charge in [0.25, 0.3) is 0 Å². The molecule has 2 fully saturated rings. The highest BCUT2D eigenvalue weighted by Crippen LogP contribution is 2.23. The molecular weight excluding hydrogens is 228 g/mol. The molecule has 0 radical (unpaired) electrons. The van der Waals surface area contributed by atoms with Gasteiger partial charge in [-0.15, -0.1) is 0 Å². The van der Waals surface area contributed by atoms with Gasteiger partial charge in [0.05, 0.1) is 12.2 Å². The third kappa shape index (κ3) is 3.92. The summed E-state index contributed by atoms with van der Waals surface area (Å²) in [6, 6.07) is 0.603. The van der Waals surface area contributed by atoms with Crippen molar-refractivity contribution in [3.63, 3.8) is 0 Å². The first-order chi connectivity index (χ1) is 8.61. The van der Waals surface area contributed by atoms with Crippen LogP contribution in [0.2, 0.25) is 0 Å². The maximum absolute atomic E-state index is 9.97. The molecule has 0 aromatic rings. The maximum Gasteiger partial charge on any atom is 0.0644 e. The molecule has 2 saturated heterocycles. The lowest BCUT2D eigenvalue weighted by molar-refractivity contribution is -0.0254. The fraction of sp³-hybridized carbons (Fsp3) is 1.00. The summed E-state index contributed by atoms with van der Waals surface area (Å²) in [7, 11) is 0.